The zero-order chi connectivity index (χ0) is 29.0. The fraction of sp³-hybridized carbons (Fsp3) is 0.0455. The number of benzene rings is 8. The zero-order valence-corrected chi connectivity index (χ0v) is 24.4. The van der Waals surface area contributed by atoms with Gasteiger partial charge >= 0.3 is 0 Å². The summed E-state index contributed by atoms with van der Waals surface area (Å²) in [5.41, 5.74) is 10.6. The highest BCUT2D eigenvalue weighted by Crippen LogP contribution is 2.47. The summed E-state index contributed by atoms with van der Waals surface area (Å²) in [6.07, 6.45) is 4.61. The quantitative estimate of drug-likeness (QED) is 0.149. The van der Waals surface area contributed by atoms with Gasteiger partial charge in [-0.1, -0.05) is 146 Å². The van der Waals surface area contributed by atoms with E-state index in [1.807, 2.05) is 0 Å². The van der Waals surface area contributed by atoms with E-state index in [1.165, 1.54) is 87.6 Å². The molecule has 0 nitrogen and oxygen atoms in total. The Kier molecular flexibility index (Phi) is 5.74. The van der Waals surface area contributed by atoms with Gasteiger partial charge in [-0.2, -0.15) is 0 Å². The normalized spacial score (nSPS) is 13.0. The highest BCUT2D eigenvalue weighted by molar-refractivity contribution is 6.25. The maximum Gasteiger partial charge on any atom is -0.00199 e. The number of hydrogen-bond donors (Lipinski definition) is 0. The first kappa shape index (κ1) is 25.1. The molecule has 9 rings (SSSR count). The van der Waals surface area contributed by atoms with Crippen molar-refractivity contribution >= 4 is 48.7 Å². The molecule has 0 radical (unpaired) electrons. The number of hydrogen-bond acceptors (Lipinski definition) is 0. The molecule has 0 heteroatoms. The van der Waals surface area contributed by atoms with Crippen molar-refractivity contribution in [1.82, 2.24) is 0 Å². The van der Waals surface area contributed by atoms with Gasteiger partial charge in [0.15, 0.2) is 0 Å². The second-order valence-corrected chi connectivity index (χ2v) is 11.9. The molecule has 0 unspecified atom stereocenters. The van der Waals surface area contributed by atoms with E-state index in [1.54, 1.807) is 0 Å². The number of allylic oxidation sites excluding steroid dienone is 1. The first-order valence-electron chi connectivity index (χ1n) is 15.6. The van der Waals surface area contributed by atoms with Crippen molar-refractivity contribution < 1.29 is 0 Å². The highest BCUT2D eigenvalue weighted by Gasteiger charge is 2.20. The van der Waals surface area contributed by atoms with Crippen LogP contribution in [0.25, 0.3) is 70.9 Å². The Bertz CT molecular complexity index is 2380. The molecule has 206 valence electrons. The molecule has 0 amide bonds. The maximum atomic E-state index is 2.42. The molecule has 0 fully saturated rings. The second-order valence-electron chi connectivity index (χ2n) is 11.9. The van der Waals surface area contributed by atoms with Crippen LogP contribution in [0.2, 0.25) is 0 Å². The van der Waals surface area contributed by atoms with Crippen LogP contribution in [0.1, 0.15) is 23.1 Å². The summed E-state index contributed by atoms with van der Waals surface area (Å²) in [6, 6.07) is 56.2. The molecular formula is C44H30. The van der Waals surface area contributed by atoms with Crippen molar-refractivity contribution in [2.75, 3.05) is 0 Å². The highest BCUT2D eigenvalue weighted by atomic mass is 14.2. The molecule has 0 aromatic heterocycles. The maximum absolute atomic E-state index is 2.42. The standard InChI is InChI=1S/C44H30/c1-3-18-33-29(13-1)15-12-26-34(33)30-16-11-17-32(27-30)43-38-22-7-9-24-40(38)44(41-25-10-8-23-39(41)43)42-28-31-14-2-4-19-35(31)36-20-5-6-21-37(36)42/h1-11,13-14,16-28H,12,15H2. The minimum atomic E-state index is 1.08. The lowest BCUT2D eigenvalue weighted by atomic mass is 9.82. The molecule has 8 aromatic carbocycles. The Labute approximate surface area is 257 Å². The number of fused-ring (bicyclic) bond motifs is 6. The lowest BCUT2D eigenvalue weighted by Crippen LogP contribution is -2.00. The Hall–Kier alpha value is -5.46. The van der Waals surface area contributed by atoms with E-state index in [4.69, 9.17) is 0 Å². The summed E-state index contributed by atoms with van der Waals surface area (Å²) in [6.45, 7) is 0. The molecule has 8 aromatic rings. The van der Waals surface area contributed by atoms with Crippen LogP contribution >= 0.6 is 0 Å². The fourth-order valence-corrected chi connectivity index (χ4v) is 7.59. The first-order chi connectivity index (χ1) is 21.8. The van der Waals surface area contributed by atoms with Gasteiger partial charge in [-0.3, -0.25) is 0 Å². The average molecular weight is 559 g/mol. The van der Waals surface area contributed by atoms with Crippen LogP contribution in [0.4, 0.5) is 0 Å². The van der Waals surface area contributed by atoms with Crippen molar-refractivity contribution in [3.8, 4) is 22.3 Å². The molecule has 0 saturated heterocycles. The van der Waals surface area contributed by atoms with E-state index in [-0.39, 0.29) is 0 Å². The third kappa shape index (κ3) is 3.85. The lowest BCUT2D eigenvalue weighted by Gasteiger charge is -2.21. The third-order valence-electron chi connectivity index (χ3n) is 9.50. The van der Waals surface area contributed by atoms with Crippen LogP contribution < -0.4 is 0 Å². The van der Waals surface area contributed by atoms with E-state index in [0.717, 1.165) is 12.8 Å². The van der Waals surface area contributed by atoms with Crippen LogP contribution in [0.3, 0.4) is 0 Å². The van der Waals surface area contributed by atoms with Crippen molar-refractivity contribution in [3.05, 3.63) is 174 Å². The van der Waals surface area contributed by atoms with Crippen LogP contribution in [0.5, 0.6) is 0 Å². The molecule has 0 saturated carbocycles. The van der Waals surface area contributed by atoms with Gasteiger partial charge in [0.2, 0.25) is 0 Å². The Morgan fingerprint density at radius 3 is 1.68 bits per heavy atom. The molecule has 0 N–H and O–H groups in total. The van der Waals surface area contributed by atoms with Gasteiger partial charge in [0, 0.05) is 0 Å². The van der Waals surface area contributed by atoms with Crippen LogP contribution in [-0.4, -0.2) is 0 Å². The van der Waals surface area contributed by atoms with Gasteiger partial charge in [-0.15, -0.1) is 0 Å². The van der Waals surface area contributed by atoms with E-state index in [0.29, 0.717) is 0 Å². The average Bonchev–Trinajstić information content (AvgIpc) is 3.10. The molecule has 1 aliphatic rings. The van der Waals surface area contributed by atoms with Crippen molar-refractivity contribution in [1.29, 1.82) is 0 Å². The Balaban J connectivity index is 1.35. The minimum absolute atomic E-state index is 1.08. The zero-order valence-electron chi connectivity index (χ0n) is 24.4. The molecule has 0 atom stereocenters. The van der Waals surface area contributed by atoms with Gasteiger partial charge < -0.3 is 0 Å². The van der Waals surface area contributed by atoms with E-state index in [2.05, 4.69) is 158 Å². The minimum Gasteiger partial charge on any atom is -0.0757 e. The summed E-state index contributed by atoms with van der Waals surface area (Å²) < 4.78 is 0. The summed E-state index contributed by atoms with van der Waals surface area (Å²) in [7, 11) is 0. The van der Waals surface area contributed by atoms with E-state index >= 15 is 0 Å². The molecule has 44 heavy (non-hydrogen) atoms. The Morgan fingerprint density at radius 1 is 0.364 bits per heavy atom. The summed E-state index contributed by atoms with van der Waals surface area (Å²) in [5, 5.41) is 10.3. The number of aryl methyl sites for hydroxylation is 1. The SMILES string of the molecule is C1=C(c2cccc(-c3c4ccccc4c(-c4cc5ccccc5c5ccccc45)c4ccccc34)c2)c2ccccc2CC1. The molecule has 0 bridgehead atoms. The van der Waals surface area contributed by atoms with Gasteiger partial charge in [0.05, 0.1) is 0 Å². The van der Waals surface area contributed by atoms with Crippen LogP contribution in [0.15, 0.2) is 158 Å². The van der Waals surface area contributed by atoms with Crippen LogP contribution in [-0.2, 0) is 6.42 Å². The lowest BCUT2D eigenvalue weighted by molar-refractivity contribution is 0.978. The first-order valence-corrected chi connectivity index (χ1v) is 15.6. The summed E-state index contributed by atoms with van der Waals surface area (Å²) in [4.78, 5) is 0. The number of rotatable bonds is 3. The summed E-state index contributed by atoms with van der Waals surface area (Å²) >= 11 is 0. The molecule has 0 spiro atoms. The molecule has 1 aliphatic carbocycles. The topological polar surface area (TPSA) is 0 Å². The molecular weight excluding hydrogens is 528 g/mol. The van der Waals surface area contributed by atoms with Crippen molar-refractivity contribution in [2.24, 2.45) is 0 Å². The predicted octanol–water partition coefficient (Wildman–Crippen LogP) is 12.0. The Morgan fingerprint density at radius 2 is 0.932 bits per heavy atom. The monoisotopic (exact) mass is 558 g/mol. The van der Waals surface area contributed by atoms with Gasteiger partial charge in [-0.05, 0) is 113 Å². The van der Waals surface area contributed by atoms with Crippen molar-refractivity contribution in [2.45, 2.75) is 12.8 Å². The van der Waals surface area contributed by atoms with Crippen molar-refractivity contribution in [3.63, 3.8) is 0 Å². The largest absolute Gasteiger partial charge is 0.0757 e. The van der Waals surface area contributed by atoms with E-state index < -0.39 is 0 Å². The van der Waals surface area contributed by atoms with Gasteiger partial charge in [0.25, 0.3) is 0 Å². The predicted molar refractivity (Wildman–Crippen MR) is 189 cm³/mol. The molecule has 0 heterocycles. The van der Waals surface area contributed by atoms with E-state index in [9.17, 15) is 0 Å². The van der Waals surface area contributed by atoms with Gasteiger partial charge in [-0.25, -0.2) is 0 Å². The second kappa shape index (κ2) is 10.1. The van der Waals surface area contributed by atoms with Crippen LogP contribution in [0, 0.1) is 0 Å². The third-order valence-corrected chi connectivity index (χ3v) is 9.50. The smallest absolute Gasteiger partial charge is 0.00199 e. The fourth-order valence-electron chi connectivity index (χ4n) is 7.59. The molecule has 0 aliphatic heterocycles. The van der Waals surface area contributed by atoms with Gasteiger partial charge in [0.1, 0.15) is 0 Å². The summed E-state index contributed by atoms with van der Waals surface area (Å²) in [5.74, 6) is 0.